The van der Waals surface area contributed by atoms with Crippen LogP contribution in [-0.4, -0.2) is 47.3 Å². The molecule has 1 aromatic carbocycles. The monoisotopic (exact) mass is 329 g/mol. The highest BCUT2D eigenvalue weighted by molar-refractivity contribution is 5.92. The van der Waals surface area contributed by atoms with Crippen LogP contribution in [0.3, 0.4) is 0 Å². The molecular formula is C17H19N3O4. The van der Waals surface area contributed by atoms with E-state index in [1.807, 2.05) is 37.3 Å². The van der Waals surface area contributed by atoms with E-state index < -0.39 is 17.5 Å². The highest BCUT2D eigenvalue weighted by Gasteiger charge is 2.50. The Hall–Kier alpha value is -2.67. The van der Waals surface area contributed by atoms with Gasteiger partial charge in [-0.3, -0.25) is 0 Å². The topological polar surface area (TPSA) is 82.5 Å². The molecule has 0 amide bonds. The number of rotatable bonds is 5. The van der Waals surface area contributed by atoms with Gasteiger partial charge in [-0.05, 0) is 12.5 Å². The standard InChI is InChI=1S/C17H19N3O4/c1-12(13-6-4-3-5-7-13)20-11-18-8-14(20)15(21)24-17(9-19-10-17)16(22)23-2/h3-8,11-12,19H,9-10H2,1-2H3/t12-/m1/s1. The number of aromatic nitrogens is 2. The van der Waals surface area contributed by atoms with Crippen molar-refractivity contribution in [2.24, 2.45) is 0 Å². The fourth-order valence-corrected chi connectivity index (χ4v) is 2.69. The number of carbonyl (C=O) groups is 2. The molecule has 24 heavy (non-hydrogen) atoms. The van der Waals surface area contributed by atoms with E-state index in [9.17, 15) is 9.59 Å². The van der Waals surface area contributed by atoms with Crippen molar-refractivity contribution in [3.8, 4) is 0 Å². The highest BCUT2D eigenvalue weighted by atomic mass is 16.6. The van der Waals surface area contributed by atoms with E-state index in [2.05, 4.69) is 10.3 Å². The molecule has 0 radical (unpaired) electrons. The van der Waals surface area contributed by atoms with Crippen molar-refractivity contribution in [3.05, 3.63) is 54.1 Å². The summed E-state index contributed by atoms with van der Waals surface area (Å²) >= 11 is 0. The smallest absolute Gasteiger partial charge is 0.357 e. The van der Waals surface area contributed by atoms with Crippen LogP contribution in [0.1, 0.15) is 29.0 Å². The summed E-state index contributed by atoms with van der Waals surface area (Å²) in [6, 6.07) is 9.67. The lowest BCUT2D eigenvalue weighted by Crippen LogP contribution is -2.66. The van der Waals surface area contributed by atoms with E-state index >= 15 is 0 Å². The molecule has 1 fully saturated rings. The Balaban J connectivity index is 1.82. The third-order valence-electron chi connectivity index (χ3n) is 4.24. The van der Waals surface area contributed by atoms with Crippen LogP contribution in [0, 0.1) is 0 Å². The van der Waals surface area contributed by atoms with E-state index in [0.29, 0.717) is 5.69 Å². The summed E-state index contributed by atoms with van der Waals surface area (Å²) in [6.07, 6.45) is 3.02. The van der Waals surface area contributed by atoms with Gasteiger partial charge in [0.1, 0.15) is 5.69 Å². The minimum atomic E-state index is -1.25. The number of hydrogen-bond acceptors (Lipinski definition) is 6. The fraction of sp³-hybridized carbons (Fsp3) is 0.353. The summed E-state index contributed by atoms with van der Waals surface area (Å²) in [7, 11) is 1.28. The van der Waals surface area contributed by atoms with Gasteiger partial charge in [0.15, 0.2) is 0 Å². The first-order valence-electron chi connectivity index (χ1n) is 7.66. The number of hydrogen-bond donors (Lipinski definition) is 1. The normalized spacial score (nSPS) is 16.8. The number of ether oxygens (including phenoxy) is 2. The summed E-state index contributed by atoms with van der Waals surface area (Å²) in [4.78, 5) is 28.5. The minimum Gasteiger partial charge on any atom is -0.466 e. The van der Waals surface area contributed by atoms with Crippen molar-refractivity contribution in [3.63, 3.8) is 0 Å². The second-order valence-electron chi connectivity index (χ2n) is 5.75. The Labute approximate surface area is 139 Å². The van der Waals surface area contributed by atoms with Gasteiger partial charge in [0.25, 0.3) is 0 Å². The van der Waals surface area contributed by atoms with Gasteiger partial charge >= 0.3 is 11.9 Å². The van der Waals surface area contributed by atoms with Crippen molar-refractivity contribution < 1.29 is 19.1 Å². The molecule has 3 rings (SSSR count). The Morgan fingerprint density at radius 2 is 2.00 bits per heavy atom. The SMILES string of the molecule is COC(=O)C1(OC(=O)c2cncn2[C@H](C)c2ccccc2)CNC1. The zero-order valence-corrected chi connectivity index (χ0v) is 13.6. The molecule has 126 valence electrons. The van der Waals surface area contributed by atoms with Crippen molar-refractivity contribution in [1.82, 2.24) is 14.9 Å². The van der Waals surface area contributed by atoms with Crippen LogP contribution in [0.4, 0.5) is 0 Å². The van der Waals surface area contributed by atoms with E-state index in [1.165, 1.54) is 13.3 Å². The third-order valence-corrected chi connectivity index (χ3v) is 4.24. The van der Waals surface area contributed by atoms with E-state index in [1.54, 1.807) is 10.9 Å². The van der Waals surface area contributed by atoms with Crippen molar-refractivity contribution >= 4 is 11.9 Å². The molecule has 1 saturated heterocycles. The lowest BCUT2D eigenvalue weighted by molar-refractivity contribution is -0.168. The Morgan fingerprint density at radius 3 is 2.58 bits per heavy atom. The van der Waals surface area contributed by atoms with E-state index in [-0.39, 0.29) is 19.1 Å². The fourth-order valence-electron chi connectivity index (χ4n) is 2.69. The summed E-state index contributed by atoms with van der Waals surface area (Å²) < 4.78 is 11.9. The zero-order chi connectivity index (χ0) is 17.2. The second-order valence-corrected chi connectivity index (χ2v) is 5.75. The van der Waals surface area contributed by atoms with Crippen LogP contribution in [0.5, 0.6) is 0 Å². The molecule has 1 N–H and O–H groups in total. The maximum Gasteiger partial charge on any atom is 0.357 e. The summed E-state index contributed by atoms with van der Waals surface area (Å²) in [5.41, 5.74) is 0.0794. The summed E-state index contributed by atoms with van der Waals surface area (Å²) in [5.74, 6) is -1.15. The Morgan fingerprint density at radius 1 is 1.29 bits per heavy atom. The highest BCUT2D eigenvalue weighted by Crippen LogP contribution is 2.24. The number of methoxy groups -OCH3 is 1. The number of carbonyl (C=O) groups excluding carboxylic acids is 2. The molecule has 1 aliphatic heterocycles. The first-order chi connectivity index (χ1) is 11.6. The molecule has 0 aliphatic carbocycles. The van der Waals surface area contributed by atoms with Gasteiger partial charge in [-0.25, -0.2) is 14.6 Å². The molecule has 1 atom stereocenters. The van der Waals surface area contributed by atoms with Crippen molar-refractivity contribution in [1.29, 1.82) is 0 Å². The van der Waals surface area contributed by atoms with E-state index in [0.717, 1.165) is 5.56 Å². The van der Waals surface area contributed by atoms with Gasteiger partial charge in [-0.1, -0.05) is 30.3 Å². The maximum atomic E-state index is 12.6. The molecule has 7 heteroatoms. The van der Waals surface area contributed by atoms with Crippen LogP contribution >= 0.6 is 0 Å². The van der Waals surface area contributed by atoms with E-state index in [4.69, 9.17) is 9.47 Å². The quantitative estimate of drug-likeness (QED) is 0.829. The average molecular weight is 329 g/mol. The van der Waals surface area contributed by atoms with Crippen LogP contribution < -0.4 is 5.32 Å². The predicted octanol–water partition coefficient (Wildman–Crippen LogP) is 1.16. The minimum absolute atomic E-state index is 0.0927. The molecule has 0 bridgehead atoms. The summed E-state index contributed by atoms with van der Waals surface area (Å²) in [6.45, 7) is 2.45. The predicted molar refractivity (Wildman–Crippen MR) is 85.5 cm³/mol. The molecule has 2 aromatic rings. The second kappa shape index (κ2) is 6.45. The van der Waals surface area contributed by atoms with Gasteiger partial charge in [0.2, 0.25) is 5.60 Å². The maximum absolute atomic E-state index is 12.6. The first kappa shape index (κ1) is 16.2. The lowest BCUT2D eigenvalue weighted by Gasteiger charge is -2.38. The van der Waals surface area contributed by atoms with Crippen molar-refractivity contribution in [2.75, 3.05) is 20.2 Å². The number of imidazole rings is 1. The van der Waals surface area contributed by atoms with Gasteiger partial charge in [-0.2, -0.15) is 0 Å². The third kappa shape index (κ3) is 2.78. The Bertz CT molecular complexity index is 737. The van der Waals surface area contributed by atoms with Gasteiger partial charge in [0, 0.05) is 13.1 Å². The largest absolute Gasteiger partial charge is 0.466 e. The molecular weight excluding hydrogens is 310 g/mol. The van der Waals surface area contributed by atoms with Gasteiger partial charge in [0.05, 0.1) is 25.7 Å². The molecule has 0 saturated carbocycles. The van der Waals surface area contributed by atoms with Crippen LogP contribution in [0.2, 0.25) is 0 Å². The molecule has 0 unspecified atom stereocenters. The average Bonchev–Trinajstić information content (AvgIpc) is 3.07. The Kier molecular flexibility index (Phi) is 4.35. The molecule has 1 aromatic heterocycles. The van der Waals surface area contributed by atoms with Gasteiger partial charge < -0.3 is 19.4 Å². The van der Waals surface area contributed by atoms with Crippen LogP contribution in [0.25, 0.3) is 0 Å². The zero-order valence-electron chi connectivity index (χ0n) is 13.6. The first-order valence-corrected chi connectivity index (χ1v) is 7.66. The van der Waals surface area contributed by atoms with Gasteiger partial charge in [-0.15, -0.1) is 0 Å². The summed E-state index contributed by atoms with van der Waals surface area (Å²) in [5, 5.41) is 2.93. The number of esters is 2. The lowest BCUT2D eigenvalue weighted by atomic mass is 9.97. The molecule has 2 heterocycles. The van der Waals surface area contributed by atoms with Crippen molar-refractivity contribution in [2.45, 2.75) is 18.6 Å². The molecule has 0 spiro atoms. The molecule has 1 aliphatic rings. The molecule has 7 nitrogen and oxygen atoms in total. The number of nitrogens with zero attached hydrogens (tertiary/aromatic N) is 2. The number of benzene rings is 1. The van der Waals surface area contributed by atoms with Crippen LogP contribution in [0.15, 0.2) is 42.9 Å². The number of nitrogens with one attached hydrogen (secondary N) is 1. The van der Waals surface area contributed by atoms with Crippen LogP contribution in [-0.2, 0) is 14.3 Å².